The number of carbonyl (C=O) groups is 1. The zero-order chi connectivity index (χ0) is 8.84. The van der Waals surface area contributed by atoms with Gasteiger partial charge in [0.1, 0.15) is 6.61 Å². The molecule has 2 aliphatic rings. The van der Waals surface area contributed by atoms with Gasteiger partial charge >= 0.3 is 5.97 Å². The van der Waals surface area contributed by atoms with Crippen LogP contribution in [0.25, 0.3) is 0 Å². The minimum absolute atomic E-state index is 0.169. The number of rotatable bonds is 1. The minimum Gasteiger partial charge on any atom is -0.457 e. The number of cyclic esters (lactones) is 1. The summed E-state index contributed by atoms with van der Waals surface area (Å²) < 4.78 is 4.94. The first-order valence-corrected chi connectivity index (χ1v) is 4.64. The molecule has 0 atom stereocenters. The van der Waals surface area contributed by atoms with Gasteiger partial charge in [0, 0.05) is 5.56 Å². The molecule has 0 unspecified atom stereocenters. The summed E-state index contributed by atoms with van der Waals surface area (Å²) in [6, 6.07) is 6.08. The molecule has 1 aromatic rings. The summed E-state index contributed by atoms with van der Waals surface area (Å²) >= 11 is 0. The molecule has 0 radical (unpaired) electrons. The van der Waals surface area contributed by atoms with E-state index < -0.39 is 0 Å². The lowest BCUT2D eigenvalue weighted by Gasteiger charge is -1.99. The fourth-order valence-corrected chi connectivity index (χ4v) is 1.82. The van der Waals surface area contributed by atoms with Crippen LogP contribution in [0, 0.1) is 0 Å². The molecular weight excluding hydrogens is 164 g/mol. The first kappa shape index (κ1) is 7.13. The van der Waals surface area contributed by atoms with Crippen molar-refractivity contribution >= 4 is 5.97 Å². The van der Waals surface area contributed by atoms with Crippen LogP contribution in [-0.2, 0) is 11.3 Å². The van der Waals surface area contributed by atoms with Crippen LogP contribution in [0.2, 0.25) is 0 Å². The highest BCUT2D eigenvalue weighted by Crippen LogP contribution is 2.41. The van der Waals surface area contributed by atoms with Crippen LogP contribution in [0.15, 0.2) is 18.2 Å². The van der Waals surface area contributed by atoms with Gasteiger partial charge < -0.3 is 4.74 Å². The summed E-state index contributed by atoms with van der Waals surface area (Å²) in [5, 5.41) is 0. The van der Waals surface area contributed by atoms with Gasteiger partial charge in [-0.1, -0.05) is 12.1 Å². The van der Waals surface area contributed by atoms with Crippen LogP contribution in [0.5, 0.6) is 0 Å². The lowest BCUT2D eigenvalue weighted by atomic mass is 10.0. The summed E-state index contributed by atoms with van der Waals surface area (Å²) in [6.07, 6.45) is 2.60. The smallest absolute Gasteiger partial charge is 0.338 e. The molecule has 3 rings (SSSR count). The highest BCUT2D eigenvalue weighted by atomic mass is 16.5. The molecule has 1 saturated carbocycles. The van der Waals surface area contributed by atoms with Crippen LogP contribution in [0.4, 0.5) is 0 Å². The Hall–Kier alpha value is -1.31. The quantitative estimate of drug-likeness (QED) is 0.610. The molecule has 1 aliphatic carbocycles. The summed E-state index contributed by atoms with van der Waals surface area (Å²) in [5.74, 6) is 0.582. The Bertz CT molecular complexity index is 378. The van der Waals surface area contributed by atoms with Gasteiger partial charge in [0.05, 0.1) is 5.56 Å². The van der Waals surface area contributed by atoms with E-state index in [4.69, 9.17) is 4.74 Å². The fraction of sp³-hybridized carbons (Fsp3) is 0.364. The van der Waals surface area contributed by atoms with Gasteiger partial charge in [-0.2, -0.15) is 0 Å². The van der Waals surface area contributed by atoms with Crippen LogP contribution in [0.1, 0.15) is 40.2 Å². The summed E-state index contributed by atoms with van der Waals surface area (Å²) in [5.41, 5.74) is 3.19. The summed E-state index contributed by atoms with van der Waals surface area (Å²) in [6.45, 7) is 0.467. The zero-order valence-electron chi connectivity index (χ0n) is 7.25. The maximum Gasteiger partial charge on any atom is 0.338 e. The van der Waals surface area contributed by atoms with Crippen LogP contribution >= 0.6 is 0 Å². The van der Waals surface area contributed by atoms with Crippen LogP contribution in [-0.4, -0.2) is 5.97 Å². The largest absolute Gasteiger partial charge is 0.457 e. The van der Waals surface area contributed by atoms with E-state index in [0.717, 1.165) is 17.0 Å². The Labute approximate surface area is 76.5 Å². The third-order valence-electron chi connectivity index (χ3n) is 2.76. The highest BCUT2D eigenvalue weighted by molar-refractivity contribution is 5.93. The standard InChI is InChI=1S/C11H10O2/c12-11-10-4-3-8(7-1-2-7)5-9(10)6-13-11/h3-5,7H,1-2,6H2. The molecule has 2 nitrogen and oxygen atoms in total. The number of hydrogen-bond acceptors (Lipinski definition) is 2. The third kappa shape index (κ3) is 1.05. The lowest BCUT2D eigenvalue weighted by molar-refractivity contribution is 0.0535. The molecule has 0 bridgehead atoms. The van der Waals surface area contributed by atoms with E-state index >= 15 is 0 Å². The number of benzene rings is 1. The van der Waals surface area contributed by atoms with E-state index in [1.807, 2.05) is 6.07 Å². The average molecular weight is 174 g/mol. The average Bonchev–Trinajstić information content (AvgIpc) is 2.93. The highest BCUT2D eigenvalue weighted by Gasteiger charge is 2.27. The summed E-state index contributed by atoms with van der Waals surface area (Å²) in [7, 11) is 0. The Morgan fingerprint density at radius 1 is 1.31 bits per heavy atom. The van der Waals surface area contributed by atoms with Gasteiger partial charge in [0.2, 0.25) is 0 Å². The molecule has 0 spiro atoms. The van der Waals surface area contributed by atoms with Gasteiger partial charge in [-0.05, 0) is 30.4 Å². The zero-order valence-corrected chi connectivity index (χ0v) is 7.25. The van der Waals surface area contributed by atoms with Gasteiger partial charge in [0.25, 0.3) is 0 Å². The number of carbonyl (C=O) groups excluding carboxylic acids is 1. The SMILES string of the molecule is O=C1OCc2cc(C3CC3)ccc21. The topological polar surface area (TPSA) is 26.3 Å². The molecular formula is C11H10O2. The fourth-order valence-electron chi connectivity index (χ4n) is 1.82. The van der Waals surface area contributed by atoms with Gasteiger partial charge in [0.15, 0.2) is 0 Å². The van der Waals surface area contributed by atoms with E-state index in [0.29, 0.717) is 6.61 Å². The maximum atomic E-state index is 11.1. The van der Waals surface area contributed by atoms with Crippen molar-refractivity contribution in [3.05, 3.63) is 34.9 Å². The Morgan fingerprint density at radius 2 is 2.15 bits per heavy atom. The summed E-state index contributed by atoms with van der Waals surface area (Å²) in [4.78, 5) is 11.1. The normalized spacial score (nSPS) is 19.8. The van der Waals surface area contributed by atoms with E-state index in [2.05, 4.69) is 12.1 Å². The van der Waals surface area contributed by atoms with E-state index in [9.17, 15) is 4.79 Å². The predicted octanol–water partition coefficient (Wildman–Crippen LogP) is 2.23. The van der Waals surface area contributed by atoms with Crippen molar-refractivity contribution in [1.82, 2.24) is 0 Å². The van der Waals surface area contributed by atoms with Gasteiger partial charge in [-0.3, -0.25) is 0 Å². The Kier molecular flexibility index (Phi) is 1.29. The van der Waals surface area contributed by atoms with Crippen molar-refractivity contribution in [2.24, 2.45) is 0 Å². The van der Waals surface area contributed by atoms with Crippen molar-refractivity contribution in [2.45, 2.75) is 25.4 Å². The lowest BCUT2D eigenvalue weighted by Crippen LogP contribution is -1.93. The van der Waals surface area contributed by atoms with Crippen molar-refractivity contribution in [1.29, 1.82) is 0 Å². The molecule has 1 aromatic carbocycles. The number of esters is 1. The van der Waals surface area contributed by atoms with E-state index in [1.165, 1.54) is 18.4 Å². The second-order valence-corrected chi connectivity index (χ2v) is 3.77. The number of fused-ring (bicyclic) bond motifs is 1. The molecule has 66 valence electrons. The molecule has 1 fully saturated rings. The monoisotopic (exact) mass is 174 g/mol. The number of ether oxygens (including phenoxy) is 1. The Morgan fingerprint density at radius 3 is 2.92 bits per heavy atom. The molecule has 0 amide bonds. The first-order valence-electron chi connectivity index (χ1n) is 4.64. The van der Waals surface area contributed by atoms with Crippen molar-refractivity contribution < 1.29 is 9.53 Å². The predicted molar refractivity (Wildman–Crippen MR) is 47.5 cm³/mol. The van der Waals surface area contributed by atoms with Crippen molar-refractivity contribution in [3.63, 3.8) is 0 Å². The molecule has 0 saturated heterocycles. The van der Waals surface area contributed by atoms with Crippen LogP contribution < -0.4 is 0 Å². The van der Waals surface area contributed by atoms with Crippen molar-refractivity contribution in [2.75, 3.05) is 0 Å². The maximum absolute atomic E-state index is 11.1. The molecule has 0 N–H and O–H groups in total. The molecule has 0 aromatic heterocycles. The first-order chi connectivity index (χ1) is 6.34. The van der Waals surface area contributed by atoms with E-state index in [-0.39, 0.29) is 5.97 Å². The molecule has 13 heavy (non-hydrogen) atoms. The third-order valence-corrected chi connectivity index (χ3v) is 2.76. The van der Waals surface area contributed by atoms with Crippen LogP contribution in [0.3, 0.4) is 0 Å². The second-order valence-electron chi connectivity index (χ2n) is 3.77. The second kappa shape index (κ2) is 2.34. The molecule has 2 heteroatoms. The van der Waals surface area contributed by atoms with E-state index in [1.54, 1.807) is 0 Å². The van der Waals surface area contributed by atoms with Crippen molar-refractivity contribution in [3.8, 4) is 0 Å². The molecule has 1 heterocycles. The van der Waals surface area contributed by atoms with Gasteiger partial charge in [-0.25, -0.2) is 4.79 Å². The molecule has 1 aliphatic heterocycles. The number of hydrogen-bond donors (Lipinski definition) is 0. The minimum atomic E-state index is -0.169. The van der Waals surface area contributed by atoms with Gasteiger partial charge in [-0.15, -0.1) is 0 Å². The Balaban J connectivity index is 2.07.